The number of carboxylic acids is 1. The van der Waals surface area contributed by atoms with Crippen LogP contribution >= 0.6 is 0 Å². The zero-order chi connectivity index (χ0) is 14.4. The Bertz CT molecular complexity index is 527. The summed E-state index contributed by atoms with van der Waals surface area (Å²) in [5.74, 6) is -3.22. The summed E-state index contributed by atoms with van der Waals surface area (Å²) in [4.78, 5) is 25.7. The van der Waals surface area contributed by atoms with Crippen molar-refractivity contribution in [2.45, 2.75) is 6.92 Å². The maximum atomic E-state index is 13.6. The maximum Gasteiger partial charge on any atom is 0.341 e. The van der Waals surface area contributed by atoms with Crippen molar-refractivity contribution in [2.24, 2.45) is 0 Å². The fraction of sp³-hybridized carbons (Fsp3) is 0.250. The first-order valence-electron chi connectivity index (χ1n) is 5.31. The van der Waals surface area contributed by atoms with Gasteiger partial charge >= 0.3 is 11.9 Å². The van der Waals surface area contributed by atoms with Gasteiger partial charge in [-0.1, -0.05) is 0 Å². The van der Waals surface area contributed by atoms with Gasteiger partial charge in [-0.05, 0) is 13.0 Å². The molecule has 0 saturated carbocycles. The molecule has 0 aliphatic heterocycles. The van der Waals surface area contributed by atoms with Gasteiger partial charge in [0, 0.05) is 11.6 Å². The zero-order valence-electron chi connectivity index (χ0n) is 10.3. The Morgan fingerprint density at radius 2 is 2.21 bits per heavy atom. The molecule has 0 aliphatic rings. The van der Waals surface area contributed by atoms with Crippen LogP contribution in [0.4, 0.5) is 4.39 Å². The minimum Gasteiger partial charge on any atom is -0.480 e. The highest BCUT2D eigenvalue weighted by Gasteiger charge is 2.20. The first kappa shape index (κ1) is 14.6. The standard InChI is InChI=1S/C12H12FNO5/c1-3-19-9(15)5-4-7-8(13)6-14-11(18-2)10(7)12(16)17/h4-6H,3H2,1-2H3,(H,16,17). The minimum atomic E-state index is -1.41. The summed E-state index contributed by atoms with van der Waals surface area (Å²) in [5.41, 5.74) is -0.754. The highest BCUT2D eigenvalue weighted by atomic mass is 19.1. The van der Waals surface area contributed by atoms with E-state index < -0.39 is 23.3 Å². The average Bonchev–Trinajstić information content (AvgIpc) is 2.37. The van der Waals surface area contributed by atoms with Gasteiger partial charge in [0.2, 0.25) is 5.88 Å². The molecule has 0 unspecified atom stereocenters. The van der Waals surface area contributed by atoms with Crippen LogP contribution in [0.5, 0.6) is 5.88 Å². The Kier molecular flexibility index (Phi) is 4.99. The van der Waals surface area contributed by atoms with Crippen LogP contribution in [0.1, 0.15) is 22.8 Å². The molecule has 1 heterocycles. The van der Waals surface area contributed by atoms with Crippen molar-refractivity contribution in [3.63, 3.8) is 0 Å². The largest absolute Gasteiger partial charge is 0.480 e. The number of carboxylic acid groups (broad SMARTS) is 1. The topological polar surface area (TPSA) is 85.7 Å². The first-order valence-corrected chi connectivity index (χ1v) is 5.31. The molecule has 0 amide bonds. The summed E-state index contributed by atoms with van der Waals surface area (Å²) < 4.78 is 22.9. The SMILES string of the molecule is CCOC(=O)C=Cc1c(F)cnc(OC)c1C(=O)O. The van der Waals surface area contributed by atoms with E-state index in [0.29, 0.717) is 0 Å². The maximum absolute atomic E-state index is 13.6. The third-order valence-electron chi connectivity index (χ3n) is 2.12. The van der Waals surface area contributed by atoms with Gasteiger partial charge in [0.05, 0.1) is 19.9 Å². The number of rotatable bonds is 5. The van der Waals surface area contributed by atoms with Crippen LogP contribution in [0, 0.1) is 5.82 Å². The van der Waals surface area contributed by atoms with Gasteiger partial charge in [-0.15, -0.1) is 0 Å². The van der Waals surface area contributed by atoms with Gasteiger partial charge in [-0.25, -0.2) is 19.0 Å². The number of pyridine rings is 1. The number of halogens is 1. The molecule has 1 aromatic rings. The van der Waals surface area contributed by atoms with E-state index in [4.69, 9.17) is 9.84 Å². The van der Waals surface area contributed by atoms with Crippen LogP contribution < -0.4 is 4.74 Å². The molecule has 0 spiro atoms. The molecule has 102 valence electrons. The van der Waals surface area contributed by atoms with E-state index in [1.165, 1.54) is 7.11 Å². The molecule has 0 fully saturated rings. The van der Waals surface area contributed by atoms with Crippen molar-refractivity contribution >= 4 is 18.0 Å². The molecule has 6 nitrogen and oxygen atoms in total. The summed E-state index contributed by atoms with van der Waals surface area (Å²) in [5, 5.41) is 9.03. The van der Waals surface area contributed by atoms with E-state index in [2.05, 4.69) is 9.72 Å². The van der Waals surface area contributed by atoms with E-state index in [1.807, 2.05) is 0 Å². The number of esters is 1. The lowest BCUT2D eigenvalue weighted by Gasteiger charge is -2.07. The highest BCUT2D eigenvalue weighted by Crippen LogP contribution is 2.23. The number of nitrogens with zero attached hydrogens (tertiary/aromatic N) is 1. The van der Waals surface area contributed by atoms with E-state index in [1.54, 1.807) is 6.92 Å². The second-order valence-electron chi connectivity index (χ2n) is 3.29. The van der Waals surface area contributed by atoms with Crippen molar-refractivity contribution in [3.05, 3.63) is 29.2 Å². The van der Waals surface area contributed by atoms with Crippen LogP contribution in [0.3, 0.4) is 0 Å². The number of ether oxygens (including phenoxy) is 2. The molecule has 1 rings (SSSR count). The predicted molar refractivity (Wildman–Crippen MR) is 63.4 cm³/mol. The predicted octanol–water partition coefficient (Wildman–Crippen LogP) is 1.50. The van der Waals surface area contributed by atoms with Crippen LogP contribution in [0.2, 0.25) is 0 Å². The average molecular weight is 269 g/mol. The summed E-state index contributed by atoms with van der Waals surface area (Å²) >= 11 is 0. The molecule has 1 aromatic heterocycles. The van der Waals surface area contributed by atoms with Crippen LogP contribution in [0.25, 0.3) is 6.08 Å². The van der Waals surface area contributed by atoms with E-state index in [9.17, 15) is 14.0 Å². The Hall–Kier alpha value is -2.44. The first-order chi connectivity index (χ1) is 9.01. The summed E-state index contributed by atoms with van der Waals surface area (Å²) in [6.07, 6.45) is 2.77. The quantitative estimate of drug-likeness (QED) is 0.644. The molecule has 0 aromatic carbocycles. The third kappa shape index (κ3) is 3.51. The molecular weight excluding hydrogens is 257 g/mol. The number of methoxy groups -OCH3 is 1. The molecule has 1 N–H and O–H groups in total. The Morgan fingerprint density at radius 1 is 1.53 bits per heavy atom. The van der Waals surface area contributed by atoms with Crippen molar-refractivity contribution in [1.29, 1.82) is 0 Å². The minimum absolute atomic E-state index is 0.164. The number of aromatic nitrogens is 1. The Balaban J connectivity index is 3.25. The van der Waals surface area contributed by atoms with Crippen LogP contribution in [0.15, 0.2) is 12.3 Å². The molecule has 19 heavy (non-hydrogen) atoms. The third-order valence-corrected chi connectivity index (χ3v) is 2.12. The fourth-order valence-electron chi connectivity index (χ4n) is 1.35. The lowest BCUT2D eigenvalue weighted by Crippen LogP contribution is -2.07. The van der Waals surface area contributed by atoms with Gasteiger partial charge in [0.15, 0.2) is 0 Å². The smallest absolute Gasteiger partial charge is 0.341 e. The molecule has 0 radical (unpaired) electrons. The molecule has 0 atom stereocenters. The Morgan fingerprint density at radius 3 is 2.74 bits per heavy atom. The van der Waals surface area contributed by atoms with Gasteiger partial charge in [-0.3, -0.25) is 0 Å². The summed E-state index contributed by atoms with van der Waals surface area (Å²) in [6, 6.07) is 0. The Labute approximate surface area is 108 Å². The lowest BCUT2D eigenvalue weighted by atomic mass is 10.1. The molecule has 0 saturated heterocycles. The molecule has 0 bridgehead atoms. The number of hydrogen-bond donors (Lipinski definition) is 1. The van der Waals surface area contributed by atoms with Crippen molar-refractivity contribution in [3.8, 4) is 5.88 Å². The van der Waals surface area contributed by atoms with Crippen molar-refractivity contribution < 1.29 is 28.6 Å². The summed E-state index contributed by atoms with van der Waals surface area (Å²) in [7, 11) is 1.21. The second-order valence-corrected chi connectivity index (χ2v) is 3.29. The van der Waals surface area contributed by atoms with E-state index in [0.717, 1.165) is 18.3 Å². The number of carbonyl (C=O) groups is 2. The van der Waals surface area contributed by atoms with Crippen LogP contribution in [-0.2, 0) is 9.53 Å². The number of aromatic carboxylic acids is 1. The van der Waals surface area contributed by atoms with Gasteiger partial charge in [0.25, 0.3) is 0 Å². The van der Waals surface area contributed by atoms with Crippen molar-refractivity contribution in [1.82, 2.24) is 4.98 Å². The number of hydrogen-bond acceptors (Lipinski definition) is 5. The molecule has 7 heteroatoms. The normalized spacial score (nSPS) is 10.5. The monoisotopic (exact) mass is 269 g/mol. The highest BCUT2D eigenvalue weighted by molar-refractivity contribution is 5.96. The van der Waals surface area contributed by atoms with Gasteiger partial charge in [-0.2, -0.15) is 0 Å². The van der Waals surface area contributed by atoms with E-state index in [-0.39, 0.29) is 18.1 Å². The van der Waals surface area contributed by atoms with Crippen molar-refractivity contribution in [2.75, 3.05) is 13.7 Å². The second kappa shape index (κ2) is 6.48. The zero-order valence-corrected chi connectivity index (χ0v) is 10.3. The van der Waals surface area contributed by atoms with E-state index >= 15 is 0 Å². The van der Waals surface area contributed by atoms with Gasteiger partial charge < -0.3 is 14.6 Å². The fourth-order valence-corrected chi connectivity index (χ4v) is 1.35. The van der Waals surface area contributed by atoms with Crippen LogP contribution in [-0.4, -0.2) is 35.7 Å². The molecule has 0 aliphatic carbocycles. The van der Waals surface area contributed by atoms with Gasteiger partial charge in [0.1, 0.15) is 11.4 Å². The summed E-state index contributed by atoms with van der Waals surface area (Å²) in [6.45, 7) is 1.78. The molecular formula is C12H12FNO5. The number of carbonyl (C=O) groups excluding carboxylic acids is 1. The lowest BCUT2D eigenvalue weighted by molar-refractivity contribution is -0.137.